The van der Waals surface area contributed by atoms with Gasteiger partial charge in [0.15, 0.2) is 0 Å². The molecule has 1 aliphatic carbocycles. The van der Waals surface area contributed by atoms with Gasteiger partial charge in [-0.15, -0.1) is 0 Å². The van der Waals surface area contributed by atoms with E-state index in [2.05, 4.69) is 34.0 Å². The largest absolute Gasteiger partial charge is 0.437 e. The lowest BCUT2D eigenvalue weighted by atomic mass is 9.70. The molecular formula is C20H29BN2O2. The molecule has 0 unspecified atom stereocenters. The second-order valence-corrected chi connectivity index (χ2v) is 8.18. The van der Waals surface area contributed by atoms with Crippen LogP contribution in [-0.2, 0) is 10.2 Å². The molecule has 0 saturated carbocycles. The molecule has 3 aliphatic rings. The molecule has 1 spiro atoms. The van der Waals surface area contributed by atoms with Crippen LogP contribution in [0.4, 0.5) is 0 Å². The molecule has 1 atom stereocenters. The van der Waals surface area contributed by atoms with Crippen LogP contribution in [0, 0.1) is 0 Å². The number of likely N-dealkylation sites (tertiary alicyclic amines) is 1. The second-order valence-electron chi connectivity index (χ2n) is 8.18. The van der Waals surface area contributed by atoms with Gasteiger partial charge in [-0.2, -0.15) is 0 Å². The first-order chi connectivity index (χ1) is 12.1. The molecule has 0 radical (unpaired) electrons. The fraction of sp³-hybridized carbons (Fsp3) is 0.650. The fourth-order valence-electron chi connectivity index (χ4n) is 5.25. The summed E-state index contributed by atoms with van der Waals surface area (Å²) in [6.07, 6.45) is 6.58. The first-order valence-electron chi connectivity index (χ1n) is 9.91. The van der Waals surface area contributed by atoms with Crippen molar-refractivity contribution in [3.05, 3.63) is 35.4 Å². The quantitative estimate of drug-likeness (QED) is 0.842. The highest BCUT2D eigenvalue weighted by Gasteiger charge is 2.48. The lowest BCUT2D eigenvalue weighted by Crippen LogP contribution is -2.47. The summed E-state index contributed by atoms with van der Waals surface area (Å²) in [5, 5.41) is 9.88. The summed E-state index contributed by atoms with van der Waals surface area (Å²) in [5.74, 6) is 0.384. The van der Waals surface area contributed by atoms with Gasteiger partial charge < -0.3 is 14.7 Å². The molecule has 2 saturated heterocycles. The topological polar surface area (TPSA) is 43.8 Å². The van der Waals surface area contributed by atoms with E-state index in [0.717, 1.165) is 58.3 Å². The van der Waals surface area contributed by atoms with Crippen molar-refractivity contribution < 1.29 is 9.82 Å². The number of nitrogens with zero attached hydrogens (tertiary/aromatic N) is 2. The number of carbonyl (C=O) groups excluding carboxylic acids is 1. The number of hydrogen-bond acceptors (Lipinski definition) is 3. The molecule has 1 aromatic carbocycles. The molecule has 2 aliphatic heterocycles. The number of rotatable bonds is 2. The van der Waals surface area contributed by atoms with Crippen LogP contribution >= 0.6 is 0 Å². The molecule has 134 valence electrons. The van der Waals surface area contributed by atoms with Crippen LogP contribution in [0.5, 0.6) is 0 Å². The first-order valence-corrected chi connectivity index (χ1v) is 9.91. The van der Waals surface area contributed by atoms with Gasteiger partial charge in [-0.3, -0.25) is 4.79 Å². The minimum atomic E-state index is -0.375. The molecule has 25 heavy (non-hydrogen) atoms. The molecule has 2 fully saturated rings. The van der Waals surface area contributed by atoms with E-state index in [9.17, 15) is 9.82 Å². The van der Waals surface area contributed by atoms with Crippen LogP contribution < -0.4 is 0 Å². The Morgan fingerprint density at radius 1 is 1.12 bits per heavy atom. The van der Waals surface area contributed by atoms with Crippen molar-refractivity contribution in [3.63, 3.8) is 0 Å². The third-order valence-corrected chi connectivity index (χ3v) is 6.75. The highest BCUT2D eigenvalue weighted by Crippen LogP contribution is 2.52. The number of fused-ring (bicyclic) bond motifs is 2. The van der Waals surface area contributed by atoms with Gasteiger partial charge in [0, 0.05) is 13.1 Å². The standard InChI is InChI=1S/C20H29BN2O2/c1-21(25)23-13-9-20(10-14-23)15-17(16-7-3-4-8-18(16)20)19(24)22-11-5-2-6-12-22/h3-4,7-8,17,25H,2,5-6,9-15H2,1H3/t17-/m1/s1. The molecule has 4 nitrogen and oxygen atoms in total. The van der Waals surface area contributed by atoms with Crippen molar-refractivity contribution in [1.82, 2.24) is 9.71 Å². The summed E-state index contributed by atoms with van der Waals surface area (Å²) < 4.78 is 0. The van der Waals surface area contributed by atoms with E-state index >= 15 is 0 Å². The van der Waals surface area contributed by atoms with E-state index in [-0.39, 0.29) is 18.4 Å². The zero-order chi connectivity index (χ0) is 17.4. The number of hydrogen-bond donors (Lipinski definition) is 1. The minimum absolute atomic E-state index is 0.0346. The van der Waals surface area contributed by atoms with Crippen LogP contribution in [0.2, 0.25) is 6.82 Å². The Kier molecular flexibility index (Phi) is 4.63. The fourth-order valence-corrected chi connectivity index (χ4v) is 5.25. The van der Waals surface area contributed by atoms with Gasteiger partial charge in [0.25, 0.3) is 0 Å². The summed E-state index contributed by atoms with van der Waals surface area (Å²) in [5.41, 5.74) is 2.79. The third-order valence-electron chi connectivity index (χ3n) is 6.75. The van der Waals surface area contributed by atoms with Crippen molar-refractivity contribution >= 4 is 13.0 Å². The Morgan fingerprint density at radius 2 is 1.80 bits per heavy atom. The number of amides is 1. The Hall–Kier alpha value is -1.33. The van der Waals surface area contributed by atoms with Crippen LogP contribution in [0.3, 0.4) is 0 Å². The molecule has 1 N–H and O–H groups in total. The maximum atomic E-state index is 13.2. The number of carbonyl (C=O) groups is 1. The van der Waals surface area contributed by atoms with Gasteiger partial charge in [-0.1, -0.05) is 24.3 Å². The van der Waals surface area contributed by atoms with Crippen molar-refractivity contribution in [3.8, 4) is 0 Å². The monoisotopic (exact) mass is 340 g/mol. The van der Waals surface area contributed by atoms with E-state index in [4.69, 9.17) is 0 Å². The van der Waals surface area contributed by atoms with Crippen LogP contribution in [-0.4, -0.2) is 53.9 Å². The number of piperidine rings is 2. The minimum Gasteiger partial charge on any atom is -0.437 e. The Bertz CT molecular complexity index is 634. The smallest absolute Gasteiger partial charge is 0.376 e. The maximum absolute atomic E-state index is 13.2. The van der Waals surface area contributed by atoms with Crippen LogP contribution in [0.25, 0.3) is 0 Å². The van der Waals surface area contributed by atoms with Gasteiger partial charge >= 0.3 is 7.05 Å². The van der Waals surface area contributed by atoms with E-state index in [1.54, 1.807) is 0 Å². The van der Waals surface area contributed by atoms with Crippen molar-refractivity contribution in [2.24, 2.45) is 0 Å². The molecule has 0 aromatic heterocycles. The molecule has 5 heteroatoms. The predicted octanol–water partition coefficient (Wildman–Crippen LogP) is 2.63. The SMILES string of the molecule is CB(O)N1CCC2(CC1)C[C@@H](C(=O)N1CCCCC1)c1ccccc12. The van der Waals surface area contributed by atoms with E-state index < -0.39 is 0 Å². The van der Waals surface area contributed by atoms with E-state index in [0.29, 0.717) is 5.91 Å². The molecule has 2 heterocycles. The van der Waals surface area contributed by atoms with Crippen molar-refractivity contribution in [2.75, 3.05) is 26.2 Å². The zero-order valence-corrected chi connectivity index (χ0v) is 15.3. The summed E-state index contributed by atoms with van der Waals surface area (Å²) in [4.78, 5) is 17.5. The first kappa shape index (κ1) is 17.1. The van der Waals surface area contributed by atoms with Gasteiger partial charge in [-0.25, -0.2) is 0 Å². The summed E-state index contributed by atoms with van der Waals surface area (Å²) in [7, 11) is -0.375. The lowest BCUT2D eigenvalue weighted by Gasteiger charge is -2.41. The van der Waals surface area contributed by atoms with E-state index in [1.807, 2.05) is 6.82 Å². The summed E-state index contributed by atoms with van der Waals surface area (Å²) in [6.45, 7) is 5.54. The van der Waals surface area contributed by atoms with Gasteiger partial charge in [0.2, 0.25) is 5.91 Å². The van der Waals surface area contributed by atoms with Crippen molar-refractivity contribution in [1.29, 1.82) is 0 Å². The van der Waals surface area contributed by atoms with Gasteiger partial charge in [0.1, 0.15) is 0 Å². The Balaban J connectivity index is 1.59. The van der Waals surface area contributed by atoms with E-state index in [1.165, 1.54) is 17.5 Å². The summed E-state index contributed by atoms with van der Waals surface area (Å²) in [6, 6.07) is 8.63. The van der Waals surface area contributed by atoms with Gasteiger partial charge in [0.05, 0.1) is 5.92 Å². The molecular weight excluding hydrogens is 311 g/mol. The highest BCUT2D eigenvalue weighted by atomic mass is 16.2. The summed E-state index contributed by atoms with van der Waals surface area (Å²) >= 11 is 0. The second kappa shape index (κ2) is 6.77. The van der Waals surface area contributed by atoms with Crippen LogP contribution in [0.15, 0.2) is 24.3 Å². The average Bonchev–Trinajstić information content (AvgIpc) is 2.97. The maximum Gasteiger partial charge on any atom is 0.376 e. The van der Waals surface area contributed by atoms with Crippen molar-refractivity contribution in [2.45, 2.75) is 56.7 Å². The third kappa shape index (κ3) is 3.02. The molecule has 4 rings (SSSR count). The number of benzene rings is 1. The molecule has 0 bridgehead atoms. The zero-order valence-electron chi connectivity index (χ0n) is 15.3. The Labute approximate surface area is 151 Å². The Morgan fingerprint density at radius 3 is 2.48 bits per heavy atom. The molecule has 1 aromatic rings. The average molecular weight is 340 g/mol. The lowest BCUT2D eigenvalue weighted by molar-refractivity contribution is -0.134. The van der Waals surface area contributed by atoms with Crippen LogP contribution in [0.1, 0.15) is 55.6 Å². The van der Waals surface area contributed by atoms with Gasteiger partial charge in [-0.05, 0) is 75.0 Å². The normalized spacial score (nSPS) is 25.8. The highest BCUT2D eigenvalue weighted by molar-refractivity contribution is 6.45. The molecule has 1 amide bonds. The predicted molar refractivity (Wildman–Crippen MR) is 101 cm³/mol.